The van der Waals surface area contributed by atoms with Crippen LogP contribution in [0.2, 0.25) is 0 Å². The first-order valence-electron chi connectivity index (χ1n) is 2.61. The summed E-state index contributed by atoms with van der Waals surface area (Å²) in [4.78, 5) is 0. The molecule has 3 heteroatoms. The molecule has 0 saturated heterocycles. The number of alkyl halides is 3. The van der Waals surface area contributed by atoms with Crippen LogP contribution in [0.5, 0.6) is 0 Å². The van der Waals surface area contributed by atoms with Crippen LogP contribution >= 0.6 is 47.8 Å². The van der Waals surface area contributed by atoms with Crippen molar-refractivity contribution >= 4 is 47.8 Å². The van der Waals surface area contributed by atoms with Gasteiger partial charge in [0.1, 0.15) is 0 Å². The highest BCUT2D eigenvalue weighted by Crippen LogP contribution is 2.11. The first-order valence-corrected chi connectivity index (χ1v) is 5.98. The van der Waals surface area contributed by atoms with Crippen LogP contribution in [-0.2, 0) is 0 Å². The molecular formula is C6H9Br3. The van der Waals surface area contributed by atoms with E-state index in [4.69, 9.17) is 0 Å². The molecule has 0 heterocycles. The maximum atomic E-state index is 3.41. The Kier molecular flexibility index (Phi) is 6.70. The topological polar surface area (TPSA) is 0 Å². The average Bonchev–Trinajstić information content (AvgIpc) is 1.90. The zero-order valence-electron chi connectivity index (χ0n) is 5.26. The van der Waals surface area contributed by atoms with Crippen molar-refractivity contribution in [3.05, 3.63) is 11.1 Å². The van der Waals surface area contributed by atoms with E-state index in [-0.39, 0.29) is 0 Å². The summed E-state index contributed by atoms with van der Waals surface area (Å²) < 4.78 is 0. The van der Waals surface area contributed by atoms with Gasteiger partial charge in [-0.1, -0.05) is 53.4 Å². The molecule has 0 nitrogen and oxygen atoms in total. The monoisotopic (exact) mass is 318 g/mol. The normalized spacial score (nSPS) is 9.33. The predicted octanol–water partition coefficient (Wildman–Crippen LogP) is 3.49. The van der Waals surface area contributed by atoms with Gasteiger partial charge in [-0.05, 0) is 12.5 Å². The molecule has 0 N–H and O–H groups in total. The summed E-state index contributed by atoms with van der Waals surface area (Å²) in [6, 6.07) is 0. The molecule has 0 bridgehead atoms. The van der Waals surface area contributed by atoms with Crippen molar-refractivity contribution in [3.63, 3.8) is 0 Å². The van der Waals surface area contributed by atoms with E-state index in [2.05, 4.69) is 54.7 Å². The Morgan fingerprint density at radius 2 is 1.44 bits per heavy atom. The summed E-state index contributed by atoms with van der Waals surface area (Å²) in [7, 11) is 0. The molecule has 0 aliphatic heterocycles. The van der Waals surface area contributed by atoms with Gasteiger partial charge >= 0.3 is 0 Å². The molecule has 0 rings (SSSR count). The Morgan fingerprint density at radius 1 is 1.00 bits per heavy atom. The fraction of sp³-hybridized carbons (Fsp3) is 0.667. The zero-order valence-corrected chi connectivity index (χ0v) is 10.0. The molecule has 0 atom stereocenters. The molecule has 0 amide bonds. The van der Waals surface area contributed by atoms with Gasteiger partial charge in [-0.25, -0.2) is 0 Å². The van der Waals surface area contributed by atoms with Crippen LogP contribution in [0.25, 0.3) is 0 Å². The molecular weight excluding hydrogens is 312 g/mol. The third-order valence-corrected chi connectivity index (χ3v) is 3.32. The lowest BCUT2D eigenvalue weighted by Crippen LogP contribution is -1.92. The van der Waals surface area contributed by atoms with Crippen LogP contribution in [0.3, 0.4) is 0 Å². The van der Waals surface area contributed by atoms with Crippen molar-refractivity contribution in [2.75, 3.05) is 16.0 Å². The van der Waals surface area contributed by atoms with Gasteiger partial charge in [0.15, 0.2) is 0 Å². The van der Waals surface area contributed by atoms with Crippen molar-refractivity contribution in [2.24, 2.45) is 0 Å². The lowest BCUT2D eigenvalue weighted by Gasteiger charge is -2.01. The smallest absolute Gasteiger partial charge is 0.0253 e. The highest BCUT2D eigenvalue weighted by molar-refractivity contribution is 9.10. The molecule has 0 radical (unpaired) electrons. The molecule has 9 heavy (non-hydrogen) atoms. The van der Waals surface area contributed by atoms with Gasteiger partial charge in [-0.2, -0.15) is 0 Å². The third kappa shape index (κ3) is 3.79. The van der Waals surface area contributed by atoms with E-state index in [1.807, 2.05) is 0 Å². The lowest BCUT2D eigenvalue weighted by atomic mass is 10.2. The SMILES string of the molecule is CC(CBr)=C(CBr)CBr. The predicted molar refractivity (Wildman–Crippen MR) is 54.1 cm³/mol. The van der Waals surface area contributed by atoms with Gasteiger partial charge in [0, 0.05) is 16.0 Å². The fourth-order valence-electron chi connectivity index (χ4n) is 0.358. The Balaban J connectivity index is 4.01. The fourth-order valence-corrected chi connectivity index (χ4v) is 2.64. The van der Waals surface area contributed by atoms with Gasteiger partial charge in [0.05, 0.1) is 0 Å². The van der Waals surface area contributed by atoms with E-state index >= 15 is 0 Å². The van der Waals surface area contributed by atoms with E-state index in [0.717, 1.165) is 16.0 Å². The van der Waals surface area contributed by atoms with Crippen LogP contribution in [0.15, 0.2) is 11.1 Å². The number of hydrogen-bond donors (Lipinski definition) is 0. The Hall–Kier alpha value is 1.18. The van der Waals surface area contributed by atoms with Crippen molar-refractivity contribution in [2.45, 2.75) is 6.92 Å². The van der Waals surface area contributed by atoms with E-state index in [1.165, 1.54) is 11.1 Å². The van der Waals surface area contributed by atoms with E-state index in [0.29, 0.717) is 0 Å². The number of allylic oxidation sites excluding steroid dienone is 2. The molecule has 0 aromatic rings. The molecule has 0 aromatic carbocycles. The molecule has 0 aromatic heterocycles. The summed E-state index contributed by atoms with van der Waals surface area (Å²) in [5.74, 6) is 0. The number of rotatable bonds is 3. The molecule has 0 aliphatic rings. The quantitative estimate of drug-likeness (QED) is 0.551. The molecule has 54 valence electrons. The second-order valence-electron chi connectivity index (χ2n) is 1.78. The van der Waals surface area contributed by atoms with Crippen molar-refractivity contribution < 1.29 is 0 Å². The Bertz CT molecular complexity index is 101. The Labute approximate surface area is 81.5 Å². The van der Waals surface area contributed by atoms with Crippen LogP contribution in [0.1, 0.15) is 6.92 Å². The van der Waals surface area contributed by atoms with E-state index in [1.54, 1.807) is 0 Å². The first-order chi connectivity index (χ1) is 4.26. The number of hydrogen-bond acceptors (Lipinski definition) is 0. The average molecular weight is 321 g/mol. The van der Waals surface area contributed by atoms with E-state index < -0.39 is 0 Å². The summed E-state index contributed by atoms with van der Waals surface area (Å²) in [5.41, 5.74) is 2.83. The number of halogens is 3. The van der Waals surface area contributed by atoms with Crippen LogP contribution in [-0.4, -0.2) is 16.0 Å². The summed E-state index contributed by atoms with van der Waals surface area (Å²) in [6.45, 7) is 2.13. The second-order valence-corrected chi connectivity index (χ2v) is 3.47. The van der Waals surface area contributed by atoms with Crippen LogP contribution in [0, 0.1) is 0 Å². The highest BCUT2D eigenvalue weighted by atomic mass is 79.9. The van der Waals surface area contributed by atoms with Gasteiger partial charge in [0.25, 0.3) is 0 Å². The summed E-state index contributed by atoms with van der Waals surface area (Å²) >= 11 is 10.2. The first kappa shape index (κ1) is 10.2. The molecule has 0 aliphatic carbocycles. The van der Waals surface area contributed by atoms with Crippen molar-refractivity contribution in [3.8, 4) is 0 Å². The van der Waals surface area contributed by atoms with Gasteiger partial charge in [-0.3, -0.25) is 0 Å². The molecule has 0 saturated carbocycles. The van der Waals surface area contributed by atoms with Gasteiger partial charge < -0.3 is 0 Å². The molecule has 0 fully saturated rings. The van der Waals surface area contributed by atoms with E-state index in [9.17, 15) is 0 Å². The minimum absolute atomic E-state index is 0.968. The van der Waals surface area contributed by atoms with Crippen molar-refractivity contribution in [1.82, 2.24) is 0 Å². The summed E-state index contributed by atoms with van der Waals surface area (Å²) in [5, 5.41) is 2.91. The molecule has 0 spiro atoms. The zero-order chi connectivity index (χ0) is 7.28. The van der Waals surface area contributed by atoms with Gasteiger partial charge in [-0.15, -0.1) is 0 Å². The van der Waals surface area contributed by atoms with Crippen molar-refractivity contribution in [1.29, 1.82) is 0 Å². The maximum Gasteiger partial charge on any atom is 0.0253 e. The maximum absolute atomic E-state index is 3.41. The van der Waals surface area contributed by atoms with Crippen LogP contribution < -0.4 is 0 Å². The lowest BCUT2D eigenvalue weighted by molar-refractivity contribution is 1.28. The van der Waals surface area contributed by atoms with Crippen LogP contribution in [0.4, 0.5) is 0 Å². The van der Waals surface area contributed by atoms with Gasteiger partial charge in [0.2, 0.25) is 0 Å². The molecule has 0 unspecified atom stereocenters. The minimum Gasteiger partial charge on any atom is -0.0880 e. The second kappa shape index (κ2) is 5.93. The summed E-state index contributed by atoms with van der Waals surface area (Å²) in [6.07, 6.45) is 0. The Morgan fingerprint density at radius 3 is 1.56 bits per heavy atom. The third-order valence-electron chi connectivity index (χ3n) is 1.13. The standard InChI is InChI=1S/C6H9Br3/c1-5(2-7)6(3-8)4-9/h2-4H2,1H3. The highest BCUT2D eigenvalue weighted by Gasteiger charge is 1.96. The largest absolute Gasteiger partial charge is 0.0880 e. The minimum atomic E-state index is 0.968.